The molecule has 0 aliphatic carbocycles. The van der Waals surface area contributed by atoms with Crippen LogP contribution in [0.5, 0.6) is 0 Å². The molecule has 0 amide bonds. The minimum absolute atomic E-state index is 0.0305. The van der Waals surface area contributed by atoms with Gasteiger partial charge in [0.2, 0.25) is 0 Å². The monoisotopic (exact) mass is 188 g/mol. The van der Waals surface area contributed by atoms with E-state index in [4.69, 9.17) is 23.2 Å². The van der Waals surface area contributed by atoms with E-state index in [0.29, 0.717) is 0 Å². The number of alkyl halides is 2. The zero-order valence-corrected chi connectivity index (χ0v) is 6.88. The average Bonchev–Trinajstić information content (AvgIpc) is 1.79. The maximum Gasteiger partial charge on any atom is 0.153 e. The first-order valence-corrected chi connectivity index (χ1v) is 5.19. The van der Waals surface area contributed by atoms with Crippen LogP contribution in [0.2, 0.25) is 0 Å². The molecule has 0 radical (unpaired) electrons. The summed E-state index contributed by atoms with van der Waals surface area (Å²) < 4.78 is 21.4. The van der Waals surface area contributed by atoms with Gasteiger partial charge in [0.25, 0.3) is 0 Å². The fourth-order valence-electron chi connectivity index (χ4n) is 0.762. The second-order valence-corrected chi connectivity index (χ2v) is 5.38. The minimum atomic E-state index is -2.91. The highest BCUT2D eigenvalue weighted by Crippen LogP contribution is 2.22. The minimum Gasteiger partial charge on any atom is -0.229 e. The van der Waals surface area contributed by atoms with Crippen molar-refractivity contribution in [3.05, 3.63) is 0 Å². The fourth-order valence-corrected chi connectivity index (χ4v) is 3.87. The molecule has 0 aromatic carbocycles. The van der Waals surface area contributed by atoms with Crippen molar-refractivity contribution in [2.45, 2.75) is 10.8 Å². The van der Waals surface area contributed by atoms with E-state index in [1.807, 2.05) is 0 Å². The van der Waals surface area contributed by atoms with Crippen molar-refractivity contribution in [3.63, 3.8) is 0 Å². The lowest BCUT2D eigenvalue weighted by atomic mass is 10.4. The van der Waals surface area contributed by atoms with Crippen LogP contribution in [0.3, 0.4) is 0 Å². The third-order valence-corrected chi connectivity index (χ3v) is 4.36. The third-order valence-electron chi connectivity index (χ3n) is 1.22. The first-order valence-electron chi connectivity index (χ1n) is 2.50. The van der Waals surface area contributed by atoms with Crippen LogP contribution in [0.1, 0.15) is 0 Å². The van der Waals surface area contributed by atoms with E-state index >= 15 is 0 Å². The van der Waals surface area contributed by atoms with Crippen LogP contribution in [0.25, 0.3) is 0 Å². The van der Waals surface area contributed by atoms with Gasteiger partial charge in [-0.3, -0.25) is 0 Å². The van der Waals surface area contributed by atoms with Crippen LogP contribution >= 0.6 is 23.2 Å². The molecular weight excluding hydrogens is 183 g/mol. The Morgan fingerprint density at radius 2 is 1.44 bits per heavy atom. The topological polar surface area (TPSA) is 34.1 Å². The predicted molar refractivity (Wildman–Crippen MR) is 37.9 cm³/mol. The molecule has 0 saturated carbocycles. The summed E-state index contributed by atoms with van der Waals surface area (Å²) in [6.07, 6.45) is 0. The Bertz CT molecular complexity index is 183. The average molecular weight is 189 g/mol. The molecule has 0 spiro atoms. The van der Waals surface area contributed by atoms with Crippen molar-refractivity contribution < 1.29 is 8.42 Å². The van der Waals surface area contributed by atoms with Gasteiger partial charge < -0.3 is 0 Å². The third kappa shape index (κ3) is 1.72. The van der Waals surface area contributed by atoms with Crippen molar-refractivity contribution in [2.24, 2.45) is 0 Å². The van der Waals surface area contributed by atoms with Gasteiger partial charge in [0.05, 0.1) is 22.3 Å². The Kier molecular flexibility index (Phi) is 1.94. The molecule has 0 N–H and O–H groups in total. The Hall–Kier alpha value is 0.530. The molecule has 5 heteroatoms. The lowest BCUT2D eigenvalue weighted by molar-refractivity contribution is 0.602. The number of hydrogen-bond acceptors (Lipinski definition) is 2. The molecule has 1 aliphatic heterocycles. The van der Waals surface area contributed by atoms with Crippen LogP contribution in [-0.4, -0.2) is 30.7 Å². The van der Waals surface area contributed by atoms with E-state index in [0.717, 1.165) is 0 Å². The summed E-state index contributed by atoms with van der Waals surface area (Å²) >= 11 is 11.1. The van der Waals surface area contributed by atoms with Gasteiger partial charge >= 0.3 is 0 Å². The standard InChI is InChI=1S/C4H6Cl2O2S/c5-3-1-9(7,8)2-4(3)6/h3-4H,1-2H2/t3-,4-/m0/s1. The molecule has 0 aromatic heterocycles. The predicted octanol–water partition coefficient (Wildman–Crippen LogP) is 0.630. The lowest BCUT2D eigenvalue weighted by Gasteiger charge is -1.97. The van der Waals surface area contributed by atoms with Gasteiger partial charge in [-0.1, -0.05) is 0 Å². The number of rotatable bonds is 0. The summed E-state index contributed by atoms with van der Waals surface area (Å²) in [5.41, 5.74) is 0. The molecule has 0 unspecified atom stereocenters. The maximum atomic E-state index is 10.7. The van der Waals surface area contributed by atoms with Gasteiger partial charge in [0.15, 0.2) is 9.84 Å². The molecule has 1 fully saturated rings. The molecule has 1 heterocycles. The number of halogens is 2. The highest BCUT2D eigenvalue weighted by molar-refractivity contribution is 7.91. The highest BCUT2D eigenvalue weighted by Gasteiger charge is 2.34. The molecular formula is C4H6Cl2O2S. The zero-order chi connectivity index (χ0) is 7.07. The molecule has 2 nitrogen and oxygen atoms in total. The Labute approximate surface area is 64.1 Å². The van der Waals surface area contributed by atoms with Crippen molar-refractivity contribution in [1.29, 1.82) is 0 Å². The molecule has 54 valence electrons. The van der Waals surface area contributed by atoms with Crippen molar-refractivity contribution in [3.8, 4) is 0 Å². The van der Waals surface area contributed by atoms with E-state index in [1.165, 1.54) is 0 Å². The zero-order valence-electron chi connectivity index (χ0n) is 4.55. The van der Waals surface area contributed by atoms with E-state index in [2.05, 4.69) is 0 Å². The van der Waals surface area contributed by atoms with Crippen LogP contribution in [0.4, 0.5) is 0 Å². The van der Waals surface area contributed by atoms with Gasteiger partial charge in [-0.05, 0) is 0 Å². The molecule has 9 heavy (non-hydrogen) atoms. The number of sulfone groups is 1. The number of hydrogen-bond donors (Lipinski definition) is 0. The second kappa shape index (κ2) is 2.29. The van der Waals surface area contributed by atoms with Crippen LogP contribution in [0.15, 0.2) is 0 Å². The summed E-state index contributed by atoms with van der Waals surface area (Å²) in [5.74, 6) is 0.0610. The lowest BCUT2D eigenvalue weighted by Crippen LogP contribution is -2.09. The summed E-state index contributed by atoms with van der Waals surface area (Å²) in [4.78, 5) is 0. The van der Waals surface area contributed by atoms with Crippen LogP contribution < -0.4 is 0 Å². The van der Waals surface area contributed by atoms with Gasteiger partial charge in [-0.25, -0.2) is 8.42 Å². The van der Waals surface area contributed by atoms with E-state index in [-0.39, 0.29) is 11.5 Å². The second-order valence-electron chi connectivity index (χ2n) is 2.11. The van der Waals surface area contributed by atoms with E-state index < -0.39 is 20.6 Å². The van der Waals surface area contributed by atoms with Crippen molar-refractivity contribution in [1.82, 2.24) is 0 Å². The molecule has 0 bridgehead atoms. The quantitative estimate of drug-likeness (QED) is 0.523. The van der Waals surface area contributed by atoms with E-state index in [1.54, 1.807) is 0 Å². The van der Waals surface area contributed by atoms with Crippen LogP contribution in [-0.2, 0) is 9.84 Å². The SMILES string of the molecule is O=S1(=O)C[C@H](Cl)[C@@H](Cl)C1. The summed E-state index contributed by atoms with van der Waals surface area (Å²) in [5, 5.41) is -0.784. The maximum absolute atomic E-state index is 10.7. The van der Waals surface area contributed by atoms with Gasteiger partial charge in [0.1, 0.15) is 0 Å². The first-order chi connectivity index (χ1) is 4.01. The Morgan fingerprint density at radius 1 is 1.11 bits per heavy atom. The molecule has 2 atom stereocenters. The van der Waals surface area contributed by atoms with Gasteiger partial charge in [-0.15, -0.1) is 23.2 Å². The summed E-state index contributed by atoms with van der Waals surface area (Å²) in [6.45, 7) is 0. The Balaban J connectivity index is 2.77. The summed E-state index contributed by atoms with van der Waals surface area (Å²) in [6, 6.07) is 0. The van der Waals surface area contributed by atoms with Gasteiger partial charge in [0, 0.05) is 0 Å². The Morgan fingerprint density at radius 3 is 1.56 bits per heavy atom. The molecule has 1 aliphatic rings. The largest absolute Gasteiger partial charge is 0.229 e. The van der Waals surface area contributed by atoms with Crippen molar-refractivity contribution in [2.75, 3.05) is 11.5 Å². The molecule has 0 aromatic rings. The summed E-state index contributed by atoms with van der Waals surface area (Å²) in [7, 11) is -2.91. The van der Waals surface area contributed by atoms with Crippen molar-refractivity contribution >= 4 is 33.0 Å². The molecule has 1 saturated heterocycles. The van der Waals surface area contributed by atoms with E-state index in [9.17, 15) is 8.42 Å². The first kappa shape index (κ1) is 7.63. The fraction of sp³-hybridized carbons (Fsp3) is 1.00. The normalized spacial score (nSPS) is 41.1. The smallest absolute Gasteiger partial charge is 0.153 e. The van der Waals surface area contributed by atoms with Crippen LogP contribution in [0, 0.1) is 0 Å². The van der Waals surface area contributed by atoms with Gasteiger partial charge in [-0.2, -0.15) is 0 Å². The highest BCUT2D eigenvalue weighted by atomic mass is 35.5. The molecule has 1 rings (SSSR count).